The predicted octanol–water partition coefficient (Wildman–Crippen LogP) is 2.08. The average molecular weight is 228 g/mol. The molecule has 1 fully saturated rings. The predicted molar refractivity (Wildman–Crippen MR) is 58.9 cm³/mol. The van der Waals surface area contributed by atoms with Gasteiger partial charge in [0.2, 0.25) is 0 Å². The first-order chi connectivity index (χ1) is 7.20. The van der Waals surface area contributed by atoms with Gasteiger partial charge in [-0.25, -0.2) is 0 Å². The smallest absolute Gasteiger partial charge is 0.310 e. The van der Waals surface area contributed by atoms with Gasteiger partial charge in [0, 0.05) is 0 Å². The minimum atomic E-state index is -0.889. The Bertz CT molecular complexity index is 290. The average Bonchev–Trinajstić information content (AvgIpc) is 2.44. The molecule has 4 nitrogen and oxygen atoms in total. The molecule has 16 heavy (non-hydrogen) atoms. The molecule has 92 valence electrons. The molecule has 0 saturated heterocycles. The van der Waals surface area contributed by atoms with Crippen LogP contribution in [0.25, 0.3) is 0 Å². The van der Waals surface area contributed by atoms with E-state index in [0.29, 0.717) is 12.8 Å². The largest absolute Gasteiger partial charge is 0.481 e. The van der Waals surface area contributed by atoms with Crippen LogP contribution < -0.4 is 0 Å². The van der Waals surface area contributed by atoms with Gasteiger partial charge in [-0.1, -0.05) is 6.92 Å². The van der Waals surface area contributed by atoms with Crippen LogP contribution in [0, 0.1) is 17.8 Å². The highest BCUT2D eigenvalue weighted by Crippen LogP contribution is 2.37. The van der Waals surface area contributed by atoms with E-state index in [1.54, 1.807) is 20.8 Å². The van der Waals surface area contributed by atoms with Gasteiger partial charge in [0.15, 0.2) is 0 Å². The molecule has 0 heterocycles. The van der Waals surface area contributed by atoms with Crippen molar-refractivity contribution >= 4 is 11.9 Å². The summed E-state index contributed by atoms with van der Waals surface area (Å²) < 4.78 is 5.25. The summed E-state index contributed by atoms with van der Waals surface area (Å²) in [7, 11) is 0. The maximum absolute atomic E-state index is 11.8. The van der Waals surface area contributed by atoms with E-state index in [9.17, 15) is 9.59 Å². The van der Waals surface area contributed by atoms with Crippen molar-refractivity contribution in [2.45, 2.75) is 46.1 Å². The Kier molecular flexibility index (Phi) is 3.61. The van der Waals surface area contributed by atoms with Crippen molar-refractivity contribution in [3.8, 4) is 0 Å². The van der Waals surface area contributed by atoms with Crippen LogP contribution in [0.1, 0.15) is 40.5 Å². The number of carbonyl (C=O) groups excluding carboxylic acids is 1. The van der Waals surface area contributed by atoms with E-state index in [2.05, 4.69) is 0 Å². The van der Waals surface area contributed by atoms with Crippen molar-refractivity contribution in [2.75, 3.05) is 0 Å². The standard InChI is InChI=1S/C12H20O4/c1-7-5-8(10(13)14)9(6-7)11(15)16-12(2,3)4/h7-9H,5-6H2,1-4H3,(H,13,14). The van der Waals surface area contributed by atoms with E-state index in [1.165, 1.54) is 0 Å². The van der Waals surface area contributed by atoms with Crippen LogP contribution in [-0.2, 0) is 14.3 Å². The van der Waals surface area contributed by atoms with Crippen molar-refractivity contribution < 1.29 is 19.4 Å². The summed E-state index contributed by atoms with van der Waals surface area (Å²) in [5.41, 5.74) is -0.550. The third-order valence-corrected chi connectivity index (χ3v) is 2.83. The zero-order valence-electron chi connectivity index (χ0n) is 10.3. The summed E-state index contributed by atoms with van der Waals surface area (Å²) in [5, 5.41) is 9.04. The normalized spacial score (nSPS) is 30.1. The van der Waals surface area contributed by atoms with Crippen LogP contribution in [0.2, 0.25) is 0 Å². The van der Waals surface area contributed by atoms with Gasteiger partial charge in [-0.3, -0.25) is 9.59 Å². The van der Waals surface area contributed by atoms with Gasteiger partial charge >= 0.3 is 11.9 Å². The Morgan fingerprint density at radius 1 is 1.19 bits per heavy atom. The first-order valence-electron chi connectivity index (χ1n) is 5.66. The van der Waals surface area contributed by atoms with Crippen molar-refractivity contribution in [2.24, 2.45) is 17.8 Å². The lowest BCUT2D eigenvalue weighted by Crippen LogP contribution is -2.32. The molecule has 0 aromatic rings. The minimum absolute atomic E-state index is 0.276. The summed E-state index contributed by atoms with van der Waals surface area (Å²) in [4.78, 5) is 22.9. The topological polar surface area (TPSA) is 63.6 Å². The van der Waals surface area contributed by atoms with Crippen LogP contribution in [0.3, 0.4) is 0 Å². The molecule has 0 spiro atoms. The second-order valence-corrected chi connectivity index (χ2v) is 5.66. The second kappa shape index (κ2) is 4.44. The Morgan fingerprint density at radius 2 is 1.69 bits per heavy atom. The van der Waals surface area contributed by atoms with Crippen LogP contribution in [0.15, 0.2) is 0 Å². The molecule has 1 N–H and O–H groups in total. The lowest BCUT2D eigenvalue weighted by molar-refractivity contribution is -0.165. The van der Waals surface area contributed by atoms with Gasteiger partial charge in [0.25, 0.3) is 0 Å². The maximum atomic E-state index is 11.8. The molecule has 0 aromatic heterocycles. The zero-order valence-corrected chi connectivity index (χ0v) is 10.3. The number of carbonyl (C=O) groups is 2. The molecular formula is C12H20O4. The molecule has 0 radical (unpaired) electrons. The van der Waals surface area contributed by atoms with Gasteiger partial charge in [-0.15, -0.1) is 0 Å². The summed E-state index contributed by atoms with van der Waals surface area (Å²) in [5.74, 6) is -2.04. The van der Waals surface area contributed by atoms with E-state index < -0.39 is 23.4 Å². The summed E-state index contributed by atoms with van der Waals surface area (Å²) in [6.45, 7) is 7.34. The van der Waals surface area contributed by atoms with Crippen molar-refractivity contribution in [3.63, 3.8) is 0 Å². The van der Waals surface area contributed by atoms with E-state index in [0.717, 1.165) is 0 Å². The fraction of sp³-hybridized carbons (Fsp3) is 0.833. The highest BCUT2D eigenvalue weighted by molar-refractivity contribution is 5.82. The minimum Gasteiger partial charge on any atom is -0.481 e. The van der Waals surface area contributed by atoms with Crippen molar-refractivity contribution in [1.29, 1.82) is 0 Å². The number of hydrogen-bond acceptors (Lipinski definition) is 3. The number of aliphatic carboxylic acids is 1. The number of ether oxygens (including phenoxy) is 1. The highest BCUT2D eigenvalue weighted by Gasteiger charge is 2.43. The SMILES string of the molecule is CC1CC(C(=O)O)C(C(=O)OC(C)(C)C)C1. The summed E-state index contributed by atoms with van der Waals surface area (Å²) in [6, 6.07) is 0. The molecule has 1 rings (SSSR count). The molecule has 1 saturated carbocycles. The molecule has 1 aliphatic carbocycles. The first-order valence-corrected chi connectivity index (χ1v) is 5.66. The third-order valence-electron chi connectivity index (χ3n) is 2.83. The molecular weight excluding hydrogens is 208 g/mol. The first kappa shape index (κ1) is 13.0. The quantitative estimate of drug-likeness (QED) is 0.735. The zero-order chi connectivity index (χ0) is 12.5. The fourth-order valence-electron chi connectivity index (χ4n) is 2.20. The van der Waals surface area contributed by atoms with E-state index >= 15 is 0 Å². The number of rotatable bonds is 2. The lowest BCUT2D eigenvalue weighted by Gasteiger charge is -2.23. The number of esters is 1. The second-order valence-electron chi connectivity index (χ2n) is 5.66. The molecule has 0 aromatic carbocycles. The molecule has 0 aliphatic heterocycles. The van der Waals surface area contributed by atoms with E-state index in [4.69, 9.17) is 9.84 Å². The Morgan fingerprint density at radius 3 is 2.12 bits per heavy atom. The molecule has 0 bridgehead atoms. The van der Waals surface area contributed by atoms with Crippen LogP contribution in [0.4, 0.5) is 0 Å². The highest BCUT2D eigenvalue weighted by atomic mass is 16.6. The number of carboxylic acid groups (broad SMARTS) is 1. The summed E-state index contributed by atoms with van der Waals surface area (Å²) in [6.07, 6.45) is 1.19. The van der Waals surface area contributed by atoms with Gasteiger partial charge in [0.05, 0.1) is 11.8 Å². The van der Waals surface area contributed by atoms with Crippen molar-refractivity contribution in [1.82, 2.24) is 0 Å². The molecule has 0 amide bonds. The number of carboxylic acids is 1. The van der Waals surface area contributed by atoms with Gasteiger partial charge in [0.1, 0.15) is 5.60 Å². The van der Waals surface area contributed by atoms with Crippen LogP contribution in [-0.4, -0.2) is 22.6 Å². The number of hydrogen-bond donors (Lipinski definition) is 1. The molecule has 3 atom stereocenters. The molecule has 3 unspecified atom stereocenters. The lowest BCUT2D eigenvalue weighted by atomic mass is 9.96. The monoisotopic (exact) mass is 228 g/mol. The molecule has 1 aliphatic rings. The van der Waals surface area contributed by atoms with Crippen molar-refractivity contribution in [3.05, 3.63) is 0 Å². The van der Waals surface area contributed by atoms with Crippen LogP contribution >= 0.6 is 0 Å². The third kappa shape index (κ3) is 3.22. The Balaban J connectivity index is 2.71. The molecule has 4 heteroatoms. The summed E-state index contributed by atoms with van der Waals surface area (Å²) >= 11 is 0. The Labute approximate surface area is 96.0 Å². The fourth-order valence-corrected chi connectivity index (χ4v) is 2.20. The van der Waals surface area contributed by atoms with Gasteiger partial charge < -0.3 is 9.84 Å². The maximum Gasteiger partial charge on any atom is 0.310 e. The van der Waals surface area contributed by atoms with E-state index in [1.807, 2.05) is 6.92 Å². The van der Waals surface area contributed by atoms with Gasteiger partial charge in [-0.05, 0) is 39.5 Å². The van der Waals surface area contributed by atoms with Gasteiger partial charge in [-0.2, -0.15) is 0 Å². The van der Waals surface area contributed by atoms with E-state index in [-0.39, 0.29) is 11.9 Å². The van der Waals surface area contributed by atoms with Crippen LogP contribution in [0.5, 0.6) is 0 Å². The Hall–Kier alpha value is -1.06.